The Labute approximate surface area is 116 Å². The zero-order valence-corrected chi connectivity index (χ0v) is 12.1. The van der Waals surface area contributed by atoms with Crippen molar-refractivity contribution in [3.05, 3.63) is 29.8 Å². The van der Waals surface area contributed by atoms with E-state index in [0.717, 1.165) is 24.3 Å². The second kappa shape index (κ2) is 9.78. The van der Waals surface area contributed by atoms with Crippen LogP contribution in [0.3, 0.4) is 0 Å². The van der Waals surface area contributed by atoms with Gasteiger partial charge in [-0.1, -0.05) is 19.1 Å². The van der Waals surface area contributed by atoms with E-state index in [0.29, 0.717) is 19.8 Å². The molecule has 0 aliphatic rings. The molecule has 0 saturated carbocycles. The predicted octanol–water partition coefficient (Wildman–Crippen LogP) is 2.23. The van der Waals surface area contributed by atoms with Gasteiger partial charge < -0.3 is 19.5 Å². The van der Waals surface area contributed by atoms with Gasteiger partial charge in [-0.15, -0.1) is 0 Å². The van der Waals surface area contributed by atoms with Crippen LogP contribution in [0, 0.1) is 0 Å². The van der Waals surface area contributed by atoms with Gasteiger partial charge in [0.15, 0.2) is 0 Å². The van der Waals surface area contributed by atoms with Gasteiger partial charge in [-0.3, -0.25) is 0 Å². The summed E-state index contributed by atoms with van der Waals surface area (Å²) in [4.78, 5) is 0. The first kappa shape index (κ1) is 16.0. The van der Waals surface area contributed by atoms with E-state index < -0.39 is 0 Å². The lowest BCUT2D eigenvalue weighted by Crippen LogP contribution is -2.38. The normalized spacial score (nSPS) is 12.4. The quantitative estimate of drug-likeness (QED) is 0.705. The van der Waals surface area contributed by atoms with E-state index in [1.165, 1.54) is 0 Å². The maximum absolute atomic E-state index is 5.81. The van der Waals surface area contributed by atoms with E-state index in [1.807, 2.05) is 24.3 Å². The third-order valence-corrected chi connectivity index (χ3v) is 2.71. The molecule has 1 aromatic rings. The Bertz CT molecular complexity index is 344. The third kappa shape index (κ3) is 6.57. The maximum atomic E-state index is 5.81. The SMILES string of the molecule is CCCNC(COC)COc1cccc(COC)c1. The van der Waals surface area contributed by atoms with Crippen molar-refractivity contribution in [1.82, 2.24) is 5.32 Å². The molecule has 0 saturated heterocycles. The van der Waals surface area contributed by atoms with E-state index in [9.17, 15) is 0 Å². The Kier molecular flexibility index (Phi) is 8.21. The van der Waals surface area contributed by atoms with E-state index in [1.54, 1.807) is 14.2 Å². The highest BCUT2D eigenvalue weighted by atomic mass is 16.5. The maximum Gasteiger partial charge on any atom is 0.119 e. The summed E-state index contributed by atoms with van der Waals surface area (Å²) >= 11 is 0. The molecule has 0 aromatic heterocycles. The molecule has 0 aliphatic carbocycles. The molecule has 0 spiro atoms. The van der Waals surface area contributed by atoms with E-state index in [2.05, 4.69) is 12.2 Å². The zero-order chi connectivity index (χ0) is 13.9. The predicted molar refractivity (Wildman–Crippen MR) is 76.6 cm³/mol. The molecule has 0 radical (unpaired) electrons. The van der Waals surface area contributed by atoms with Crippen LogP contribution in [0.5, 0.6) is 5.75 Å². The highest BCUT2D eigenvalue weighted by Gasteiger charge is 2.08. The second-order valence-electron chi connectivity index (χ2n) is 4.50. The summed E-state index contributed by atoms with van der Waals surface area (Å²) in [6, 6.07) is 8.19. The minimum Gasteiger partial charge on any atom is -0.492 e. The lowest BCUT2D eigenvalue weighted by molar-refractivity contribution is 0.136. The van der Waals surface area contributed by atoms with Crippen LogP contribution in [-0.2, 0) is 16.1 Å². The van der Waals surface area contributed by atoms with Crippen LogP contribution >= 0.6 is 0 Å². The Morgan fingerprint density at radius 1 is 1.16 bits per heavy atom. The van der Waals surface area contributed by atoms with Crippen LogP contribution in [-0.4, -0.2) is 40.0 Å². The lowest BCUT2D eigenvalue weighted by atomic mass is 10.2. The van der Waals surface area contributed by atoms with Crippen molar-refractivity contribution in [2.75, 3.05) is 34.0 Å². The molecule has 0 aliphatic heterocycles. The van der Waals surface area contributed by atoms with Crippen molar-refractivity contribution in [1.29, 1.82) is 0 Å². The van der Waals surface area contributed by atoms with Gasteiger partial charge in [-0.25, -0.2) is 0 Å². The Balaban J connectivity index is 2.45. The highest BCUT2D eigenvalue weighted by Crippen LogP contribution is 2.14. The average molecular weight is 267 g/mol. The zero-order valence-electron chi connectivity index (χ0n) is 12.1. The fourth-order valence-corrected chi connectivity index (χ4v) is 1.80. The van der Waals surface area contributed by atoms with Gasteiger partial charge >= 0.3 is 0 Å². The summed E-state index contributed by atoms with van der Waals surface area (Å²) in [6.07, 6.45) is 1.10. The first-order valence-corrected chi connectivity index (χ1v) is 6.73. The molecule has 4 heteroatoms. The molecule has 0 heterocycles. The Morgan fingerprint density at radius 2 is 2.00 bits per heavy atom. The average Bonchev–Trinajstić information content (AvgIpc) is 2.43. The molecule has 4 nitrogen and oxygen atoms in total. The molecule has 0 amide bonds. The summed E-state index contributed by atoms with van der Waals surface area (Å²) in [6.45, 7) is 4.97. The summed E-state index contributed by atoms with van der Waals surface area (Å²) in [5.74, 6) is 0.869. The minimum atomic E-state index is 0.219. The van der Waals surface area contributed by atoms with Gasteiger partial charge in [-0.2, -0.15) is 0 Å². The topological polar surface area (TPSA) is 39.7 Å². The molecule has 1 N–H and O–H groups in total. The van der Waals surface area contributed by atoms with Crippen LogP contribution in [0.2, 0.25) is 0 Å². The van der Waals surface area contributed by atoms with Crippen molar-refractivity contribution < 1.29 is 14.2 Å². The number of nitrogens with one attached hydrogen (secondary N) is 1. The smallest absolute Gasteiger partial charge is 0.119 e. The number of hydrogen-bond donors (Lipinski definition) is 1. The van der Waals surface area contributed by atoms with Gasteiger partial charge in [0.1, 0.15) is 12.4 Å². The van der Waals surface area contributed by atoms with Crippen molar-refractivity contribution >= 4 is 0 Å². The van der Waals surface area contributed by atoms with Crippen LogP contribution in [0.25, 0.3) is 0 Å². The fourth-order valence-electron chi connectivity index (χ4n) is 1.80. The first-order valence-electron chi connectivity index (χ1n) is 6.73. The van der Waals surface area contributed by atoms with Crippen molar-refractivity contribution in [2.24, 2.45) is 0 Å². The fraction of sp³-hybridized carbons (Fsp3) is 0.600. The van der Waals surface area contributed by atoms with Gasteiger partial charge in [0.25, 0.3) is 0 Å². The van der Waals surface area contributed by atoms with Gasteiger partial charge in [0.05, 0.1) is 19.3 Å². The summed E-state index contributed by atoms with van der Waals surface area (Å²) < 4.78 is 16.1. The number of methoxy groups -OCH3 is 2. The number of ether oxygens (including phenoxy) is 3. The van der Waals surface area contributed by atoms with Gasteiger partial charge in [0, 0.05) is 14.2 Å². The molecule has 19 heavy (non-hydrogen) atoms. The third-order valence-electron chi connectivity index (χ3n) is 2.71. The minimum absolute atomic E-state index is 0.219. The number of benzene rings is 1. The van der Waals surface area contributed by atoms with Crippen molar-refractivity contribution in [3.8, 4) is 5.75 Å². The second-order valence-corrected chi connectivity index (χ2v) is 4.50. The van der Waals surface area contributed by atoms with E-state index >= 15 is 0 Å². The van der Waals surface area contributed by atoms with Crippen molar-refractivity contribution in [3.63, 3.8) is 0 Å². The lowest BCUT2D eigenvalue weighted by Gasteiger charge is -2.18. The number of hydrogen-bond acceptors (Lipinski definition) is 4. The summed E-state index contributed by atoms with van der Waals surface area (Å²) in [5, 5.41) is 3.41. The molecular weight excluding hydrogens is 242 g/mol. The largest absolute Gasteiger partial charge is 0.492 e. The molecule has 1 aromatic carbocycles. The van der Waals surface area contributed by atoms with Crippen LogP contribution < -0.4 is 10.1 Å². The van der Waals surface area contributed by atoms with E-state index in [4.69, 9.17) is 14.2 Å². The van der Waals surface area contributed by atoms with Gasteiger partial charge in [-0.05, 0) is 30.7 Å². The van der Waals surface area contributed by atoms with Crippen LogP contribution in [0.15, 0.2) is 24.3 Å². The van der Waals surface area contributed by atoms with Gasteiger partial charge in [0.2, 0.25) is 0 Å². The standard InChI is InChI=1S/C15H25NO3/c1-4-8-16-14(11-18-3)12-19-15-7-5-6-13(9-15)10-17-2/h5-7,9,14,16H,4,8,10-12H2,1-3H3. The Morgan fingerprint density at radius 3 is 2.68 bits per heavy atom. The monoisotopic (exact) mass is 267 g/mol. The molecule has 1 rings (SSSR count). The molecule has 0 fully saturated rings. The molecule has 1 unspecified atom stereocenters. The van der Waals surface area contributed by atoms with Crippen molar-refractivity contribution in [2.45, 2.75) is 26.0 Å². The summed E-state index contributed by atoms with van der Waals surface area (Å²) in [7, 11) is 3.40. The molecule has 1 atom stereocenters. The molecule has 108 valence electrons. The van der Waals surface area contributed by atoms with E-state index in [-0.39, 0.29) is 6.04 Å². The highest BCUT2D eigenvalue weighted by molar-refractivity contribution is 5.28. The Hall–Kier alpha value is -1.10. The summed E-state index contributed by atoms with van der Waals surface area (Å²) in [5.41, 5.74) is 1.12. The first-order chi connectivity index (χ1) is 9.30. The van der Waals surface area contributed by atoms with Crippen LogP contribution in [0.1, 0.15) is 18.9 Å². The number of rotatable bonds is 10. The van der Waals surface area contributed by atoms with Crippen LogP contribution in [0.4, 0.5) is 0 Å². The molecular formula is C15H25NO3. The molecule has 0 bridgehead atoms.